The van der Waals surface area contributed by atoms with Gasteiger partial charge in [-0.2, -0.15) is 0 Å². The van der Waals surface area contributed by atoms with E-state index in [9.17, 15) is 14.7 Å². The Morgan fingerprint density at radius 1 is 1.21 bits per heavy atom. The van der Waals surface area contributed by atoms with Gasteiger partial charge in [-0.25, -0.2) is 9.78 Å². The SMILES string of the molecule is CC(C)(C)OC(=O)N1Cc2nc(C(=O)[O-])sc2C(O[Si](C)(C)C(C)(C)C)C1.[Li+]. The topological polar surface area (TPSA) is 91.8 Å². The van der Waals surface area contributed by atoms with Gasteiger partial charge in [-0.1, -0.05) is 20.8 Å². The molecule has 1 unspecified atom stereocenters. The van der Waals surface area contributed by atoms with Gasteiger partial charge in [0.05, 0.1) is 29.8 Å². The molecule has 2 rings (SSSR count). The summed E-state index contributed by atoms with van der Waals surface area (Å²) >= 11 is 1.08. The van der Waals surface area contributed by atoms with E-state index in [4.69, 9.17) is 9.16 Å². The molecule has 0 aromatic carbocycles. The van der Waals surface area contributed by atoms with Crippen LogP contribution >= 0.6 is 11.3 Å². The number of carboxylic acid groups (broad SMARTS) is 1. The summed E-state index contributed by atoms with van der Waals surface area (Å²) in [5.74, 6) is -1.32. The molecule has 7 nitrogen and oxygen atoms in total. The minimum absolute atomic E-state index is 0. The third-order valence-electron chi connectivity index (χ3n) is 4.82. The zero-order chi connectivity index (χ0) is 20.8. The van der Waals surface area contributed by atoms with Crippen LogP contribution in [0.3, 0.4) is 0 Å². The van der Waals surface area contributed by atoms with Crippen LogP contribution in [-0.2, 0) is 15.7 Å². The molecule has 0 aliphatic carbocycles. The Kier molecular flexibility index (Phi) is 7.63. The number of aromatic nitrogens is 1. The first-order valence-electron chi connectivity index (χ1n) is 8.97. The predicted octanol–water partition coefficient (Wildman–Crippen LogP) is 0.324. The number of hydrogen-bond donors (Lipinski definition) is 0. The zero-order valence-corrected chi connectivity index (χ0v) is 20.2. The molecule has 1 aliphatic heterocycles. The number of amides is 1. The van der Waals surface area contributed by atoms with Crippen LogP contribution in [0.15, 0.2) is 0 Å². The van der Waals surface area contributed by atoms with Crippen molar-refractivity contribution in [3.8, 4) is 0 Å². The standard InChI is InChI=1S/C18H30N2O5SSi.Li/c1-17(2,3)24-16(23)20-9-11-13(26-14(19-11)15(21)22)12(10-20)25-27(7,8)18(4,5)6;/h12H,9-10H2,1-8H3,(H,21,22);/q;+1/p-1. The number of carboxylic acids is 1. The average Bonchev–Trinajstić information content (AvgIpc) is 2.88. The maximum Gasteiger partial charge on any atom is 1.00 e. The molecule has 152 valence electrons. The molecule has 0 radical (unpaired) electrons. The number of nitrogens with zero attached hydrogens (tertiary/aromatic N) is 2. The summed E-state index contributed by atoms with van der Waals surface area (Å²) in [7, 11) is -2.15. The summed E-state index contributed by atoms with van der Waals surface area (Å²) in [6.07, 6.45) is -0.882. The van der Waals surface area contributed by atoms with Gasteiger partial charge in [0.25, 0.3) is 0 Å². The number of ether oxygens (including phenoxy) is 1. The van der Waals surface area contributed by atoms with E-state index in [1.807, 2.05) is 0 Å². The van der Waals surface area contributed by atoms with Gasteiger partial charge >= 0.3 is 25.0 Å². The fourth-order valence-electron chi connectivity index (χ4n) is 2.43. The van der Waals surface area contributed by atoms with Crippen LogP contribution in [0, 0.1) is 0 Å². The quantitative estimate of drug-likeness (QED) is 0.654. The van der Waals surface area contributed by atoms with E-state index in [1.165, 1.54) is 4.90 Å². The van der Waals surface area contributed by atoms with E-state index < -0.39 is 32.1 Å². The minimum Gasteiger partial charge on any atom is -0.542 e. The van der Waals surface area contributed by atoms with Crippen LogP contribution in [0.1, 0.15) is 68.0 Å². The van der Waals surface area contributed by atoms with E-state index in [0.29, 0.717) is 12.2 Å². The first kappa shape index (κ1) is 25.2. The molecule has 0 saturated heterocycles. The normalized spacial score (nSPS) is 17.6. The van der Waals surface area contributed by atoms with Crippen LogP contribution in [0.5, 0.6) is 0 Å². The van der Waals surface area contributed by atoms with Crippen LogP contribution in [0.25, 0.3) is 0 Å². The van der Waals surface area contributed by atoms with Crippen molar-refractivity contribution < 1.29 is 42.7 Å². The van der Waals surface area contributed by atoms with Gasteiger partial charge in [0.15, 0.2) is 8.32 Å². The predicted molar refractivity (Wildman–Crippen MR) is 104 cm³/mol. The van der Waals surface area contributed by atoms with Crippen molar-refractivity contribution in [1.82, 2.24) is 9.88 Å². The summed E-state index contributed by atoms with van der Waals surface area (Å²) in [4.78, 5) is 30.3. The number of fused-ring (bicyclic) bond motifs is 1. The summed E-state index contributed by atoms with van der Waals surface area (Å²) < 4.78 is 12.0. The Labute approximate surface area is 184 Å². The van der Waals surface area contributed by atoms with Crippen molar-refractivity contribution in [2.75, 3.05) is 6.54 Å². The molecule has 10 heteroatoms. The maximum atomic E-state index is 12.6. The van der Waals surface area contributed by atoms with Gasteiger partial charge in [0.2, 0.25) is 0 Å². The van der Waals surface area contributed by atoms with Gasteiger partial charge in [-0.05, 0) is 38.9 Å². The second-order valence-electron chi connectivity index (χ2n) is 9.35. The van der Waals surface area contributed by atoms with E-state index in [1.54, 1.807) is 20.8 Å². The number of aromatic carboxylic acids is 1. The molecule has 1 amide bonds. The van der Waals surface area contributed by atoms with Gasteiger partial charge in [-0.3, -0.25) is 4.90 Å². The molecule has 2 heterocycles. The number of rotatable bonds is 3. The zero-order valence-electron chi connectivity index (χ0n) is 18.3. The Morgan fingerprint density at radius 2 is 1.79 bits per heavy atom. The Bertz CT molecular complexity index is 739. The largest absolute Gasteiger partial charge is 1.00 e. The van der Waals surface area contributed by atoms with Gasteiger partial charge < -0.3 is 19.1 Å². The first-order chi connectivity index (χ1) is 12.1. The molecule has 0 fully saturated rings. The maximum absolute atomic E-state index is 12.6. The summed E-state index contributed by atoms with van der Waals surface area (Å²) in [6, 6.07) is 0. The summed E-state index contributed by atoms with van der Waals surface area (Å²) in [5.41, 5.74) is -0.0780. The third-order valence-corrected chi connectivity index (χ3v) is 10.5. The average molecular weight is 421 g/mol. The van der Waals surface area contributed by atoms with Crippen LogP contribution in [-0.4, -0.2) is 42.4 Å². The van der Waals surface area contributed by atoms with E-state index in [0.717, 1.165) is 16.2 Å². The Balaban J connectivity index is 0.00000392. The fraction of sp³-hybridized carbons (Fsp3) is 0.722. The number of carbonyl (C=O) groups is 2. The molecule has 1 atom stereocenters. The monoisotopic (exact) mass is 420 g/mol. The molecular weight excluding hydrogens is 391 g/mol. The smallest absolute Gasteiger partial charge is 0.542 e. The van der Waals surface area contributed by atoms with Gasteiger partial charge in [0, 0.05) is 0 Å². The van der Waals surface area contributed by atoms with E-state index in [-0.39, 0.29) is 35.5 Å². The molecule has 0 spiro atoms. The van der Waals surface area contributed by atoms with Crippen molar-refractivity contribution in [1.29, 1.82) is 0 Å². The van der Waals surface area contributed by atoms with Crippen molar-refractivity contribution in [2.45, 2.75) is 77.9 Å². The van der Waals surface area contributed by atoms with Crippen molar-refractivity contribution in [3.63, 3.8) is 0 Å². The van der Waals surface area contributed by atoms with E-state index >= 15 is 0 Å². The number of carbonyl (C=O) groups excluding carboxylic acids is 2. The second kappa shape index (κ2) is 8.48. The number of hydrogen-bond acceptors (Lipinski definition) is 7. The molecule has 28 heavy (non-hydrogen) atoms. The van der Waals surface area contributed by atoms with Crippen LogP contribution in [0.4, 0.5) is 4.79 Å². The van der Waals surface area contributed by atoms with Crippen LogP contribution < -0.4 is 24.0 Å². The fourth-order valence-corrected chi connectivity index (χ4v) is 4.71. The third kappa shape index (κ3) is 5.83. The molecule has 1 aromatic rings. The van der Waals surface area contributed by atoms with Crippen LogP contribution in [0.2, 0.25) is 18.1 Å². The molecule has 0 N–H and O–H groups in total. The Morgan fingerprint density at radius 3 is 2.25 bits per heavy atom. The van der Waals surface area contributed by atoms with Gasteiger partial charge in [0.1, 0.15) is 16.6 Å². The summed E-state index contributed by atoms with van der Waals surface area (Å²) in [6.45, 7) is 16.6. The summed E-state index contributed by atoms with van der Waals surface area (Å²) in [5, 5.41) is 11.2. The van der Waals surface area contributed by atoms with Crippen molar-refractivity contribution in [2.24, 2.45) is 0 Å². The molecular formula is C18H29LiN2O5SSi. The number of thiazole rings is 1. The minimum atomic E-state index is -2.15. The molecule has 1 aliphatic rings. The van der Waals surface area contributed by atoms with E-state index in [2.05, 4.69) is 38.8 Å². The molecule has 0 saturated carbocycles. The first-order valence-corrected chi connectivity index (χ1v) is 12.7. The molecule has 0 bridgehead atoms. The molecule has 1 aromatic heterocycles. The van der Waals surface area contributed by atoms with Crippen molar-refractivity contribution in [3.05, 3.63) is 15.6 Å². The Hall–Kier alpha value is -0.856. The van der Waals surface area contributed by atoms with Crippen molar-refractivity contribution >= 4 is 31.7 Å². The second-order valence-corrected chi connectivity index (χ2v) is 15.1. The van der Waals surface area contributed by atoms with Gasteiger partial charge in [-0.15, -0.1) is 11.3 Å².